The summed E-state index contributed by atoms with van der Waals surface area (Å²) < 4.78 is 51.9. The molecule has 0 spiro atoms. The Hall–Kier alpha value is -5.46. The molecule has 0 saturated carbocycles. The number of benzene rings is 2. The van der Waals surface area contributed by atoms with Crippen LogP contribution in [0.4, 0.5) is 22.8 Å². The number of rotatable bonds is 15. The zero-order valence-corrected chi connectivity index (χ0v) is 33.4. The number of ether oxygens (including phenoxy) is 3. The molecule has 2 saturated heterocycles. The van der Waals surface area contributed by atoms with E-state index in [-0.39, 0.29) is 25.0 Å². The molecule has 2 aliphatic rings. The fourth-order valence-corrected chi connectivity index (χ4v) is 7.74. The Morgan fingerprint density at radius 3 is 1.86 bits per heavy atom. The van der Waals surface area contributed by atoms with Gasteiger partial charge in [0.2, 0.25) is 5.91 Å². The summed E-state index contributed by atoms with van der Waals surface area (Å²) in [4.78, 5) is 57.2. The average Bonchev–Trinajstić information content (AvgIpc) is 4.07. The quantitative estimate of drug-likeness (QED) is 0.0849. The van der Waals surface area contributed by atoms with Gasteiger partial charge in [0.1, 0.15) is 30.5 Å². The number of halogens is 3. The summed E-state index contributed by atoms with van der Waals surface area (Å²) in [5.41, 5.74) is 5.43. The molecule has 3 amide bonds. The lowest BCUT2D eigenvalue weighted by Crippen LogP contribution is -2.54. The number of nitrogens with zero attached hydrogens (tertiary/aromatic N) is 4. The molecule has 4 heterocycles. The second-order valence-electron chi connectivity index (χ2n) is 15.1. The average molecular weight is 825 g/mol. The van der Waals surface area contributed by atoms with Crippen LogP contribution in [-0.2, 0) is 19.0 Å². The van der Waals surface area contributed by atoms with Crippen LogP contribution < -0.4 is 10.6 Å². The zero-order valence-electron chi connectivity index (χ0n) is 33.4. The predicted molar refractivity (Wildman–Crippen MR) is 210 cm³/mol. The van der Waals surface area contributed by atoms with E-state index < -0.39 is 55.2 Å². The number of alkyl halides is 3. The first kappa shape index (κ1) is 43.1. The summed E-state index contributed by atoms with van der Waals surface area (Å²) in [5, 5.41) is 16.5. The van der Waals surface area contributed by atoms with Crippen molar-refractivity contribution in [3.8, 4) is 33.6 Å². The molecule has 15 nitrogen and oxygen atoms in total. The van der Waals surface area contributed by atoms with Gasteiger partial charge in [-0.2, -0.15) is 13.2 Å². The molecule has 0 bridgehead atoms. The summed E-state index contributed by atoms with van der Waals surface area (Å²) in [6.45, 7) is 3.09. The van der Waals surface area contributed by atoms with Gasteiger partial charge < -0.3 is 44.8 Å². The molecule has 318 valence electrons. The van der Waals surface area contributed by atoms with Crippen molar-refractivity contribution in [3.05, 3.63) is 72.6 Å². The molecule has 2 aromatic heterocycles. The third-order valence-corrected chi connectivity index (χ3v) is 10.8. The van der Waals surface area contributed by atoms with Crippen LogP contribution in [0.1, 0.15) is 69.7 Å². The van der Waals surface area contributed by atoms with E-state index in [9.17, 15) is 32.7 Å². The molecular formula is C41H51F3N8O7. The Balaban J connectivity index is 1.08. The van der Waals surface area contributed by atoms with E-state index in [1.54, 1.807) is 17.3 Å². The largest absolute Gasteiger partial charge is 0.453 e. The Bertz CT molecular complexity index is 2020. The summed E-state index contributed by atoms with van der Waals surface area (Å²) in [5.74, 6) is 0.818. The molecule has 0 radical (unpaired) electrons. The maximum Gasteiger partial charge on any atom is 0.411 e. The lowest BCUT2D eigenvalue weighted by Gasteiger charge is -2.35. The maximum atomic E-state index is 13.6. The fraction of sp³-hybridized carbons (Fsp3) is 0.488. The van der Waals surface area contributed by atoms with Gasteiger partial charge in [0.25, 0.3) is 0 Å². The highest BCUT2D eigenvalue weighted by Gasteiger charge is 2.39. The number of aliphatic hydroxyl groups excluding tert-OH is 1. The van der Waals surface area contributed by atoms with Gasteiger partial charge in [0.15, 0.2) is 0 Å². The number of alkyl carbamates (subject to hydrolysis) is 2. The van der Waals surface area contributed by atoms with Crippen LogP contribution in [0, 0.1) is 5.92 Å². The molecule has 0 aliphatic carbocycles. The number of aromatic nitrogens is 4. The molecule has 2 aromatic carbocycles. The number of likely N-dealkylation sites (tertiary alicyclic amines) is 2. The summed E-state index contributed by atoms with van der Waals surface area (Å²) >= 11 is 0. The highest BCUT2D eigenvalue weighted by Crippen LogP contribution is 2.36. The standard InChI is InChI=1S/C41H51F3N8O7/c1-24(2)34(50-40(56)58-4)38(54)52-19-6-8-33(52)36-46-22-31(48-36)28-15-11-26(12-16-28)25-9-13-27(14-10-25)30-21-45-35(47-30)32-7-5-18-51(32)37(53)29(49-39(55)57-3)17-20-59-23-41(42,43)44/h9-16,21-22,24,29,32-34,38,54H,5-8,17-20,23H2,1-4H3,(H,45,47)(H,46,48)(H,49,55)(H,50,56). The van der Waals surface area contributed by atoms with Crippen LogP contribution in [0.5, 0.6) is 0 Å². The molecule has 59 heavy (non-hydrogen) atoms. The molecule has 18 heteroatoms. The normalized spacial score (nSPS) is 18.8. The van der Waals surface area contributed by atoms with Gasteiger partial charge in [-0.05, 0) is 53.9 Å². The molecule has 2 fully saturated rings. The molecule has 5 unspecified atom stereocenters. The van der Waals surface area contributed by atoms with Crippen molar-refractivity contribution in [2.24, 2.45) is 5.92 Å². The lowest BCUT2D eigenvalue weighted by atomic mass is 10.0. The molecule has 2 aliphatic heterocycles. The van der Waals surface area contributed by atoms with Crippen LogP contribution >= 0.6 is 0 Å². The Labute approximate surface area is 340 Å². The number of H-pyrrole nitrogens is 2. The van der Waals surface area contributed by atoms with E-state index in [1.807, 2.05) is 67.3 Å². The fourth-order valence-electron chi connectivity index (χ4n) is 7.74. The molecular weight excluding hydrogens is 773 g/mol. The highest BCUT2D eigenvalue weighted by molar-refractivity contribution is 5.86. The third-order valence-electron chi connectivity index (χ3n) is 10.8. The SMILES string of the molecule is COC(=O)NC(CCOCC(F)(F)F)C(=O)N1CCCC1c1ncc(-c2ccc(-c3ccc(-c4cnc(C5CCCN5C(O)C(NC(=O)OC)C(C)C)[nH]4)cc3)cc2)[nH]1. The van der Waals surface area contributed by atoms with E-state index in [0.717, 1.165) is 59.4 Å². The van der Waals surface area contributed by atoms with Crippen molar-refractivity contribution in [3.63, 3.8) is 0 Å². The van der Waals surface area contributed by atoms with Crippen LogP contribution in [-0.4, -0.2) is 118 Å². The second kappa shape index (κ2) is 19.1. The van der Waals surface area contributed by atoms with Gasteiger partial charge in [-0.3, -0.25) is 9.69 Å². The van der Waals surface area contributed by atoms with Crippen molar-refractivity contribution in [2.75, 3.05) is 40.5 Å². The Morgan fingerprint density at radius 2 is 1.32 bits per heavy atom. The van der Waals surface area contributed by atoms with Crippen LogP contribution in [0.3, 0.4) is 0 Å². The molecule has 5 atom stereocenters. The minimum atomic E-state index is -4.51. The van der Waals surface area contributed by atoms with E-state index in [4.69, 9.17) is 9.47 Å². The van der Waals surface area contributed by atoms with Crippen molar-refractivity contribution < 1.29 is 46.9 Å². The number of hydrogen-bond acceptors (Lipinski definition) is 10. The smallest absolute Gasteiger partial charge is 0.411 e. The third kappa shape index (κ3) is 10.6. The number of imidazole rings is 2. The number of hydrogen-bond donors (Lipinski definition) is 5. The van der Waals surface area contributed by atoms with Gasteiger partial charge in [0, 0.05) is 26.1 Å². The van der Waals surface area contributed by atoms with Gasteiger partial charge in [0.05, 0.1) is 56.1 Å². The summed E-state index contributed by atoms with van der Waals surface area (Å²) in [6.07, 6.45) is -0.583. The lowest BCUT2D eigenvalue weighted by molar-refractivity contribution is -0.174. The molecule has 5 N–H and O–H groups in total. The number of nitrogens with one attached hydrogen (secondary N) is 4. The van der Waals surface area contributed by atoms with Crippen molar-refractivity contribution in [1.82, 2.24) is 40.4 Å². The first-order valence-electron chi connectivity index (χ1n) is 19.6. The Kier molecular flexibility index (Phi) is 13.9. The van der Waals surface area contributed by atoms with E-state index in [2.05, 4.69) is 35.3 Å². The summed E-state index contributed by atoms with van der Waals surface area (Å²) in [7, 11) is 2.44. The summed E-state index contributed by atoms with van der Waals surface area (Å²) in [6, 6.07) is 13.9. The van der Waals surface area contributed by atoms with Crippen LogP contribution in [0.15, 0.2) is 60.9 Å². The minimum absolute atomic E-state index is 0.0301. The number of carbonyl (C=O) groups is 3. The van der Waals surface area contributed by atoms with E-state index in [1.165, 1.54) is 7.11 Å². The molecule has 4 aromatic rings. The first-order valence-corrected chi connectivity index (χ1v) is 19.6. The van der Waals surface area contributed by atoms with Crippen LogP contribution in [0.25, 0.3) is 33.6 Å². The predicted octanol–water partition coefficient (Wildman–Crippen LogP) is 6.33. The number of methoxy groups -OCH3 is 2. The van der Waals surface area contributed by atoms with E-state index >= 15 is 0 Å². The van der Waals surface area contributed by atoms with Gasteiger partial charge in [-0.1, -0.05) is 62.4 Å². The number of amides is 3. The second-order valence-corrected chi connectivity index (χ2v) is 15.1. The first-order chi connectivity index (χ1) is 28.3. The van der Waals surface area contributed by atoms with Gasteiger partial charge in [-0.15, -0.1) is 0 Å². The monoisotopic (exact) mass is 824 g/mol. The topological polar surface area (TPSA) is 187 Å². The van der Waals surface area contributed by atoms with Crippen molar-refractivity contribution >= 4 is 18.1 Å². The van der Waals surface area contributed by atoms with Crippen LogP contribution in [0.2, 0.25) is 0 Å². The van der Waals surface area contributed by atoms with Crippen molar-refractivity contribution in [1.29, 1.82) is 0 Å². The van der Waals surface area contributed by atoms with Crippen molar-refractivity contribution in [2.45, 2.75) is 82.5 Å². The van der Waals surface area contributed by atoms with Gasteiger partial charge in [-0.25, -0.2) is 19.6 Å². The zero-order chi connectivity index (χ0) is 42.3. The number of aromatic amines is 2. The van der Waals surface area contributed by atoms with E-state index in [0.29, 0.717) is 31.8 Å². The number of carbonyl (C=O) groups excluding carboxylic acids is 3. The highest BCUT2D eigenvalue weighted by atomic mass is 19.4. The number of aliphatic hydroxyl groups is 1. The van der Waals surface area contributed by atoms with Gasteiger partial charge >= 0.3 is 18.4 Å². The molecule has 6 rings (SSSR count). The Morgan fingerprint density at radius 1 is 0.814 bits per heavy atom. The maximum absolute atomic E-state index is 13.6. The minimum Gasteiger partial charge on any atom is -0.453 e.